The van der Waals surface area contributed by atoms with Gasteiger partial charge in [-0.1, -0.05) is 23.7 Å². The predicted octanol–water partition coefficient (Wildman–Crippen LogP) is 5.06. The molecule has 0 radical (unpaired) electrons. The Morgan fingerprint density at radius 1 is 1.12 bits per heavy atom. The molecule has 0 unspecified atom stereocenters. The van der Waals surface area contributed by atoms with Crippen LogP contribution in [0.1, 0.15) is 37.0 Å². The molecule has 1 amide bonds. The van der Waals surface area contributed by atoms with Gasteiger partial charge >= 0.3 is 0 Å². The lowest BCUT2D eigenvalue weighted by Crippen LogP contribution is -2.26. The second-order valence-electron chi connectivity index (χ2n) is 8.36. The molecular weight excluding hydrogens is 460 g/mol. The minimum Gasteiger partial charge on any atom is -0.504 e. The van der Waals surface area contributed by atoms with Crippen LogP contribution in [-0.4, -0.2) is 40.6 Å². The highest BCUT2D eigenvalue weighted by molar-refractivity contribution is 6.38. The Bertz CT molecular complexity index is 1260. The summed E-state index contributed by atoms with van der Waals surface area (Å²) in [5, 5.41) is 27.3. The number of aromatic nitrogens is 1. The first-order valence-corrected chi connectivity index (χ1v) is 11.4. The van der Waals surface area contributed by atoms with E-state index in [1.54, 1.807) is 12.1 Å². The van der Waals surface area contributed by atoms with Gasteiger partial charge in [-0.2, -0.15) is 0 Å². The second kappa shape index (κ2) is 9.04. The molecule has 0 bridgehead atoms. The number of amides is 1. The molecule has 9 heteroatoms. The van der Waals surface area contributed by atoms with Crippen LogP contribution in [0.2, 0.25) is 5.02 Å². The maximum Gasteiger partial charge on any atom is 0.260 e. The van der Waals surface area contributed by atoms with Gasteiger partial charge in [-0.15, -0.1) is 0 Å². The summed E-state index contributed by atoms with van der Waals surface area (Å²) in [4.78, 5) is 12.6. The van der Waals surface area contributed by atoms with Crippen LogP contribution in [-0.2, 0) is 4.79 Å². The molecule has 176 valence electrons. The molecular formula is C25H23ClN2O6. The fourth-order valence-electron chi connectivity index (χ4n) is 4.31. The highest BCUT2D eigenvalue weighted by Crippen LogP contribution is 2.42. The minimum absolute atomic E-state index is 0.0167. The van der Waals surface area contributed by atoms with Gasteiger partial charge in [0.05, 0.1) is 41.7 Å². The first kappa shape index (κ1) is 22.3. The van der Waals surface area contributed by atoms with Crippen molar-refractivity contribution in [1.82, 2.24) is 5.16 Å². The zero-order valence-corrected chi connectivity index (χ0v) is 19.1. The fourth-order valence-corrected chi connectivity index (χ4v) is 4.58. The topological polar surface area (TPSA) is 114 Å². The SMILES string of the molecule is COc1cc(C(O)=C2C(=O)Nc3cc(Cl)c(-c4ccc(OC5CCC(O)CC5)cc4)cc32)on1. The van der Waals surface area contributed by atoms with Gasteiger partial charge in [-0.3, -0.25) is 4.79 Å². The van der Waals surface area contributed by atoms with Gasteiger partial charge in [0.2, 0.25) is 5.76 Å². The summed E-state index contributed by atoms with van der Waals surface area (Å²) in [6.45, 7) is 0. The first-order chi connectivity index (χ1) is 16.4. The Balaban J connectivity index is 1.44. The number of nitrogens with one attached hydrogen (secondary N) is 1. The molecule has 1 fully saturated rings. The van der Waals surface area contributed by atoms with Gasteiger partial charge in [0.25, 0.3) is 11.8 Å². The number of aliphatic hydroxyl groups excluding tert-OH is 2. The van der Waals surface area contributed by atoms with Crippen LogP contribution in [0, 0.1) is 0 Å². The molecule has 0 saturated heterocycles. The Kier molecular flexibility index (Phi) is 5.93. The van der Waals surface area contributed by atoms with Crippen molar-refractivity contribution in [2.45, 2.75) is 37.9 Å². The summed E-state index contributed by atoms with van der Waals surface area (Å²) < 4.78 is 16.1. The zero-order chi connectivity index (χ0) is 23.8. The second-order valence-corrected chi connectivity index (χ2v) is 8.77. The van der Waals surface area contributed by atoms with Gasteiger partial charge in [0.1, 0.15) is 5.75 Å². The molecule has 2 aliphatic rings. The number of hydrogen-bond acceptors (Lipinski definition) is 7. The van der Waals surface area contributed by atoms with E-state index < -0.39 is 5.91 Å². The summed E-state index contributed by atoms with van der Waals surface area (Å²) in [5.41, 5.74) is 2.58. The Hall–Kier alpha value is -3.49. The Morgan fingerprint density at radius 2 is 1.85 bits per heavy atom. The molecule has 3 N–H and O–H groups in total. The summed E-state index contributed by atoms with van der Waals surface area (Å²) in [6.07, 6.45) is 3.04. The predicted molar refractivity (Wildman–Crippen MR) is 127 cm³/mol. The van der Waals surface area contributed by atoms with E-state index in [2.05, 4.69) is 10.5 Å². The highest BCUT2D eigenvalue weighted by Gasteiger charge is 2.31. The Morgan fingerprint density at radius 3 is 2.53 bits per heavy atom. The van der Waals surface area contributed by atoms with Crippen molar-refractivity contribution in [2.75, 3.05) is 12.4 Å². The molecule has 2 heterocycles. The third-order valence-corrected chi connectivity index (χ3v) is 6.44. The van der Waals surface area contributed by atoms with Crippen LogP contribution >= 0.6 is 11.6 Å². The van der Waals surface area contributed by atoms with Crippen molar-refractivity contribution in [1.29, 1.82) is 0 Å². The largest absolute Gasteiger partial charge is 0.504 e. The molecule has 1 aliphatic carbocycles. The lowest BCUT2D eigenvalue weighted by molar-refractivity contribution is -0.110. The van der Waals surface area contributed by atoms with E-state index in [1.165, 1.54) is 13.2 Å². The van der Waals surface area contributed by atoms with Crippen molar-refractivity contribution in [3.8, 4) is 22.8 Å². The number of carbonyl (C=O) groups excluding carboxylic acids is 1. The van der Waals surface area contributed by atoms with Crippen LogP contribution in [0.4, 0.5) is 5.69 Å². The number of aliphatic hydroxyl groups is 2. The van der Waals surface area contributed by atoms with E-state index in [-0.39, 0.29) is 35.2 Å². The van der Waals surface area contributed by atoms with Gasteiger partial charge in [-0.25, -0.2) is 0 Å². The molecule has 1 aliphatic heterocycles. The monoisotopic (exact) mass is 482 g/mol. The Labute approximate surface area is 200 Å². The number of carbonyl (C=O) groups is 1. The van der Waals surface area contributed by atoms with Crippen molar-refractivity contribution >= 4 is 34.5 Å². The van der Waals surface area contributed by atoms with Crippen molar-refractivity contribution in [2.24, 2.45) is 0 Å². The molecule has 2 aromatic carbocycles. The third kappa shape index (κ3) is 4.22. The number of hydrogen-bond donors (Lipinski definition) is 3. The number of rotatable bonds is 5. The quantitative estimate of drug-likeness (QED) is 0.344. The summed E-state index contributed by atoms with van der Waals surface area (Å²) in [7, 11) is 1.42. The van der Waals surface area contributed by atoms with Gasteiger partial charge in [0.15, 0.2) is 5.76 Å². The van der Waals surface area contributed by atoms with E-state index in [4.69, 9.17) is 25.6 Å². The number of halogens is 1. The average Bonchev–Trinajstić information content (AvgIpc) is 3.44. The number of nitrogens with zero attached hydrogens (tertiary/aromatic N) is 1. The number of methoxy groups -OCH3 is 1. The molecule has 1 saturated carbocycles. The number of ether oxygens (including phenoxy) is 2. The smallest absolute Gasteiger partial charge is 0.260 e. The summed E-state index contributed by atoms with van der Waals surface area (Å²) in [6, 6.07) is 12.4. The van der Waals surface area contributed by atoms with Gasteiger partial charge in [-0.05, 0) is 60.7 Å². The van der Waals surface area contributed by atoms with Crippen LogP contribution in [0.25, 0.3) is 22.5 Å². The van der Waals surface area contributed by atoms with Crippen molar-refractivity contribution in [3.63, 3.8) is 0 Å². The van der Waals surface area contributed by atoms with Crippen LogP contribution in [0.5, 0.6) is 11.6 Å². The lowest BCUT2D eigenvalue weighted by Gasteiger charge is -2.26. The number of benzene rings is 2. The van der Waals surface area contributed by atoms with Gasteiger partial charge < -0.3 is 29.5 Å². The number of fused-ring (bicyclic) bond motifs is 1. The molecule has 34 heavy (non-hydrogen) atoms. The van der Waals surface area contributed by atoms with Crippen LogP contribution < -0.4 is 14.8 Å². The van der Waals surface area contributed by atoms with Crippen molar-refractivity contribution < 1.29 is 29.0 Å². The van der Waals surface area contributed by atoms with Gasteiger partial charge in [0, 0.05) is 11.1 Å². The average molecular weight is 483 g/mol. The molecule has 5 rings (SSSR count). The van der Waals surface area contributed by atoms with E-state index in [0.29, 0.717) is 21.8 Å². The van der Waals surface area contributed by atoms with E-state index in [0.717, 1.165) is 37.0 Å². The third-order valence-electron chi connectivity index (χ3n) is 6.13. The molecule has 3 aromatic rings. The van der Waals surface area contributed by atoms with E-state index in [9.17, 15) is 15.0 Å². The summed E-state index contributed by atoms with van der Waals surface area (Å²) in [5.74, 6) is 0.128. The van der Waals surface area contributed by atoms with Crippen LogP contribution in [0.3, 0.4) is 0 Å². The first-order valence-electron chi connectivity index (χ1n) is 11.0. The highest BCUT2D eigenvalue weighted by atomic mass is 35.5. The number of anilines is 1. The molecule has 0 atom stereocenters. The fraction of sp³-hybridized carbons (Fsp3) is 0.280. The van der Waals surface area contributed by atoms with E-state index >= 15 is 0 Å². The minimum atomic E-state index is -0.475. The van der Waals surface area contributed by atoms with E-state index in [1.807, 2.05) is 24.3 Å². The maximum atomic E-state index is 12.6. The molecule has 1 aromatic heterocycles. The van der Waals surface area contributed by atoms with Crippen LogP contribution in [0.15, 0.2) is 47.0 Å². The molecule has 0 spiro atoms. The normalized spacial score (nSPS) is 21.1. The lowest BCUT2D eigenvalue weighted by atomic mass is 9.95. The summed E-state index contributed by atoms with van der Waals surface area (Å²) >= 11 is 6.54. The standard InChI is InChI=1S/C25H23ClN2O6/c1-32-22-12-21(34-28-22)24(30)23-18-10-17(19(26)11-20(18)27-25(23)31)13-2-6-15(7-3-13)33-16-8-4-14(29)5-9-16/h2-3,6-7,10-12,14,16,29-30H,4-5,8-9H2,1H3,(H,27,31). The zero-order valence-electron chi connectivity index (χ0n) is 18.4. The molecule has 8 nitrogen and oxygen atoms in total. The van der Waals surface area contributed by atoms with Crippen molar-refractivity contribution in [3.05, 3.63) is 58.8 Å². The maximum absolute atomic E-state index is 12.6.